The second-order valence-electron chi connectivity index (χ2n) is 5.34. The Bertz CT molecular complexity index is 1040. The van der Waals surface area contributed by atoms with E-state index in [0.29, 0.717) is 0 Å². The molecule has 0 aliphatic carbocycles. The highest BCUT2D eigenvalue weighted by atomic mass is 32.2. The minimum Gasteiger partial charge on any atom is -0.237 e. The molecule has 0 saturated heterocycles. The van der Waals surface area contributed by atoms with Crippen LogP contribution in [-0.2, 0) is 16.2 Å². The van der Waals surface area contributed by atoms with Gasteiger partial charge in [-0.25, -0.2) is 16.8 Å². The highest BCUT2D eigenvalue weighted by molar-refractivity contribution is 7.89. The van der Waals surface area contributed by atoms with Gasteiger partial charge in [-0.3, -0.25) is 0 Å². The fraction of sp³-hybridized carbons (Fsp3) is 0.125. The molecular formula is C16H11F4NO2S. The van der Waals surface area contributed by atoms with Gasteiger partial charge in [-0.15, -0.1) is 0 Å². The molecule has 0 aliphatic rings. The number of nitrogens with zero attached hydrogens (tertiary/aromatic N) is 1. The van der Waals surface area contributed by atoms with Crippen LogP contribution in [0.3, 0.4) is 0 Å². The zero-order chi connectivity index (χ0) is 17.7. The lowest BCUT2D eigenvalue weighted by molar-refractivity contribution is -0.137. The number of aromatic nitrogens is 1. The van der Waals surface area contributed by atoms with Gasteiger partial charge in [0.05, 0.1) is 23.0 Å². The first-order valence-electron chi connectivity index (χ1n) is 6.76. The van der Waals surface area contributed by atoms with Crippen molar-refractivity contribution in [2.24, 2.45) is 0 Å². The highest BCUT2D eigenvalue weighted by Gasteiger charge is 2.31. The molecule has 0 fully saturated rings. The first-order valence-corrected chi connectivity index (χ1v) is 8.61. The second-order valence-corrected chi connectivity index (χ2v) is 7.17. The lowest BCUT2D eigenvalue weighted by Crippen LogP contribution is -2.11. The van der Waals surface area contributed by atoms with Crippen molar-refractivity contribution < 1.29 is 26.0 Å². The van der Waals surface area contributed by atoms with E-state index in [9.17, 15) is 26.0 Å². The van der Waals surface area contributed by atoms with Crippen LogP contribution in [0.4, 0.5) is 17.6 Å². The van der Waals surface area contributed by atoms with Crippen molar-refractivity contribution >= 4 is 20.9 Å². The number of rotatable bonds is 2. The number of alkyl halides is 3. The summed E-state index contributed by atoms with van der Waals surface area (Å²) in [6.45, 7) is 0. The normalized spacial score (nSPS) is 12.7. The first kappa shape index (κ1) is 16.5. The first-order chi connectivity index (χ1) is 11.1. The minimum absolute atomic E-state index is 0.0456. The van der Waals surface area contributed by atoms with E-state index in [0.717, 1.165) is 34.5 Å². The predicted molar refractivity (Wildman–Crippen MR) is 82.6 cm³/mol. The molecule has 0 unspecified atom stereocenters. The van der Waals surface area contributed by atoms with Crippen LogP contribution in [0.5, 0.6) is 0 Å². The Kier molecular flexibility index (Phi) is 3.67. The van der Waals surface area contributed by atoms with E-state index < -0.39 is 27.6 Å². The molecule has 126 valence electrons. The third-order valence-electron chi connectivity index (χ3n) is 3.54. The second kappa shape index (κ2) is 5.34. The maximum Gasteiger partial charge on any atom is 0.416 e. The van der Waals surface area contributed by atoms with E-state index in [1.54, 1.807) is 0 Å². The molecule has 1 heterocycles. The molecule has 0 saturated carbocycles. The summed E-state index contributed by atoms with van der Waals surface area (Å²) < 4.78 is 77.2. The average Bonchev–Trinajstić information content (AvgIpc) is 2.85. The van der Waals surface area contributed by atoms with Crippen molar-refractivity contribution in [3.05, 3.63) is 59.9 Å². The number of benzene rings is 2. The van der Waals surface area contributed by atoms with Gasteiger partial charge in [-0.2, -0.15) is 13.2 Å². The summed E-state index contributed by atoms with van der Waals surface area (Å²) in [4.78, 5) is 0. The molecule has 0 N–H and O–H groups in total. The largest absolute Gasteiger partial charge is 0.416 e. The van der Waals surface area contributed by atoms with Gasteiger partial charge < -0.3 is 0 Å². The average molecular weight is 357 g/mol. The third-order valence-corrected chi connectivity index (χ3v) is 4.59. The Hall–Kier alpha value is -2.35. The van der Waals surface area contributed by atoms with Crippen LogP contribution in [0, 0.1) is 5.82 Å². The minimum atomic E-state index is -4.55. The van der Waals surface area contributed by atoms with Gasteiger partial charge in [0.25, 0.3) is 0 Å². The Morgan fingerprint density at radius 1 is 1.00 bits per heavy atom. The predicted octanol–water partition coefficient (Wildman–Crippen LogP) is 4.27. The standard InChI is InChI=1S/C16H11F4NO2S/c1-24(22,23)21-14-6-5-13(17)8-11(14)9-15(21)10-3-2-4-12(7-10)16(18,19)20/h2-9H,1H3. The molecule has 0 aliphatic heterocycles. The van der Waals surface area contributed by atoms with Gasteiger partial charge in [0.2, 0.25) is 10.0 Å². The van der Waals surface area contributed by atoms with E-state index in [1.165, 1.54) is 24.3 Å². The zero-order valence-corrected chi connectivity index (χ0v) is 13.1. The number of hydrogen-bond acceptors (Lipinski definition) is 2. The Morgan fingerprint density at radius 3 is 2.33 bits per heavy atom. The summed E-state index contributed by atoms with van der Waals surface area (Å²) in [6.07, 6.45) is -3.61. The molecule has 2 aromatic carbocycles. The van der Waals surface area contributed by atoms with Crippen molar-refractivity contribution in [3.63, 3.8) is 0 Å². The SMILES string of the molecule is CS(=O)(=O)n1c(-c2cccc(C(F)(F)F)c2)cc2cc(F)ccc21. The number of hydrogen-bond donors (Lipinski definition) is 0. The Balaban J connectivity index is 2.34. The van der Waals surface area contributed by atoms with E-state index in [1.807, 2.05) is 0 Å². The van der Waals surface area contributed by atoms with E-state index in [2.05, 4.69) is 0 Å². The van der Waals surface area contributed by atoms with Gasteiger partial charge in [0, 0.05) is 5.39 Å². The molecule has 3 nitrogen and oxygen atoms in total. The van der Waals surface area contributed by atoms with E-state index in [-0.39, 0.29) is 22.2 Å². The van der Waals surface area contributed by atoms with E-state index >= 15 is 0 Å². The van der Waals surface area contributed by atoms with Gasteiger partial charge in [-0.05, 0) is 42.0 Å². The summed E-state index contributed by atoms with van der Waals surface area (Å²) in [5.41, 5.74) is -0.571. The maximum atomic E-state index is 13.4. The molecule has 0 radical (unpaired) electrons. The van der Waals surface area contributed by atoms with Crippen LogP contribution < -0.4 is 0 Å². The maximum absolute atomic E-state index is 13.4. The van der Waals surface area contributed by atoms with Crippen LogP contribution in [0.2, 0.25) is 0 Å². The molecule has 8 heteroatoms. The fourth-order valence-electron chi connectivity index (χ4n) is 2.57. The molecule has 1 aromatic heterocycles. The van der Waals surface area contributed by atoms with Crippen LogP contribution in [0.1, 0.15) is 5.56 Å². The fourth-order valence-corrected chi connectivity index (χ4v) is 3.61. The molecule has 0 bridgehead atoms. The van der Waals surface area contributed by atoms with Crippen LogP contribution in [-0.4, -0.2) is 18.6 Å². The summed E-state index contributed by atoms with van der Waals surface area (Å²) >= 11 is 0. The monoisotopic (exact) mass is 357 g/mol. The third kappa shape index (κ3) is 2.89. The zero-order valence-electron chi connectivity index (χ0n) is 12.3. The topological polar surface area (TPSA) is 39.1 Å². The number of halogens is 4. The van der Waals surface area contributed by atoms with Crippen molar-refractivity contribution in [2.45, 2.75) is 6.18 Å². The molecular weight excluding hydrogens is 346 g/mol. The highest BCUT2D eigenvalue weighted by Crippen LogP contribution is 2.35. The van der Waals surface area contributed by atoms with Gasteiger partial charge in [0.15, 0.2) is 0 Å². The molecule has 0 amide bonds. The Morgan fingerprint density at radius 2 is 1.71 bits per heavy atom. The van der Waals surface area contributed by atoms with Crippen LogP contribution in [0.15, 0.2) is 48.5 Å². The lowest BCUT2D eigenvalue weighted by Gasteiger charge is -2.11. The summed E-state index contributed by atoms with van der Waals surface area (Å²) in [5, 5.41) is 0.285. The lowest BCUT2D eigenvalue weighted by atomic mass is 10.1. The van der Waals surface area contributed by atoms with Crippen molar-refractivity contribution in [2.75, 3.05) is 6.26 Å². The summed E-state index contributed by atoms with van der Waals surface area (Å²) in [5.74, 6) is -0.566. The van der Waals surface area contributed by atoms with Gasteiger partial charge >= 0.3 is 6.18 Å². The van der Waals surface area contributed by atoms with Gasteiger partial charge in [0.1, 0.15) is 5.82 Å². The number of fused-ring (bicyclic) bond motifs is 1. The Labute approximate surface area is 135 Å². The molecule has 0 atom stereocenters. The molecule has 24 heavy (non-hydrogen) atoms. The molecule has 3 aromatic rings. The molecule has 0 spiro atoms. The van der Waals surface area contributed by atoms with E-state index in [4.69, 9.17) is 0 Å². The van der Waals surface area contributed by atoms with Crippen molar-refractivity contribution in [3.8, 4) is 11.3 Å². The van der Waals surface area contributed by atoms with Gasteiger partial charge in [-0.1, -0.05) is 12.1 Å². The van der Waals surface area contributed by atoms with Crippen molar-refractivity contribution in [1.82, 2.24) is 3.97 Å². The smallest absolute Gasteiger partial charge is 0.237 e. The summed E-state index contributed by atoms with van der Waals surface area (Å²) in [7, 11) is -3.81. The molecule has 3 rings (SSSR count). The van der Waals surface area contributed by atoms with Crippen LogP contribution in [0.25, 0.3) is 22.2 Å². The quantitative estimate of drug-likeness (QED) is 0.643. The van der Waals surface area contributed by atoms with Crippen molar-refractivity contribution in [1.29, 1.82) is 0 Å². The van der Waals surface area contributed by atoms with Crippen LogP contribution >= 0.6 is 0 Å². The summed E-state index contributed by atoms with van der Waals surface area (Å²) in [6, 6.07) is 9.21.